The predicted molar refractivity (Wildman–Crippen MR) is 57.5 cm³/mol. The van der Waals surface area contributed by atoms with Gasteiger partial charge in [-0.3, -0.25) is 4.79 Å². The Kier molecular flexibility index (Phi) is 4.03. The van der Waals surface area contributed by atoms with Crippen molar-refractivity contribution in [2.75, 3.05) is 20.1 Å². The molecule has 14 heavy (non-hydrogen) atoms. The van der Waals surface area contributed by atoms with E-state index in [1.54, 1.807) is 17.3 Å². The number of hydrogen-bond donors (Lipinski definition) is 1. The second-order valence-corrected chi connectivity index (χ2v) is 4.18. The average molecular weight is 213 g/mol. The number of carbonyl (C=O) groups is 1. The highest BCUT2D eigenvalue weighted by Crippen LogP contribution is 2.09. The second kappa shape index (κ2) is 5.07. The summed E-state index contributed by atoms with van der Waals surface area (Å²) in [5.41, 5.74) is 5.90. The highest BCUT2D eigenvalue weighted by molar-refractivity contribution is 7.09. The van der Waals surface area contributed by atoms with Crippen LogP contribution in [0.4, 0.5) is 0 Å². The van der Waals surface area contributed by atoms with Gasteiger partial charge in [0.15, 0.2) is 0 Å². The van der Waals surface area contributed by atoms with Gasteiger partial charge < -0.3 is 10.6 Å². The Morgan fingerprint density at radius 1 is 1.71 bits per heavy atom. The van der Waals surface area contributed by atoms with E-state index in [4.69, 9.17) is 5.73 Å². The summed E-state index contributed by atoms with van der Waals surface area (Å²) < 4.78 is 0. The van der Waals surface area contributed by atoms with Crippen molar-refractivity contribution < 1.29 is 4.79 Å². The van der Waals surface area contributed by atoms with Crippen LogP contribution in [0.3, 0.4) is 0 Å². The Labute approximate surface area is 87.7 Å². The number of aromatic nitrogens is 1. The molecule has 5 heteroatoms. The van der Waals surface area contributed by atoms with Gasteiger partial charge in [0.25, 0.3) is 5.91 Å². The SMILES string of the molecule is Cc1nc(C(=O)N(C)CCCN)cs1. The van der Waals surface area contributed by atoms with E-state index in [9.17, 15) is 4.79 Å². The van der Waals surface area contributed by atoms with Crippen molar-refractivity contribution in [2.24, 2.45) is 5.73 Å². The van der Waals surface area contributed by atoms with Crippen molar-refractivity contribution in [2.45, 2.75) is 13.3 Å². The first kappa shape index (κ1) is 11.1. The number of amides is 1. The van der Waals surface area contributed by atoms with E-state index in [1.165, 1.54) is 11.3 Å². The minimum absolute atomic E-state index is 0.0252. The minimum atomic E-state index is -0.0252. The number of rotatable bonds is 4. The first-order chi connectivity index (χ1) is 6.65. The van der Waals surface area contributed by atoms with Gasteiger partial charge in [0.05, 0.1) is 5.01 Å². The van der Waals surface area contributed by atoms with E-state index < -0.39 is 0 Å². The average Bonchev–Trinajstić information content (AvgIpc) is 2.60. The van der Waals surface area contributed by atoms with Crippen molar-refractivity contribution in [3.8, 4) is 0 Å². The first-order valence-electron chi connectivity index (χ1n) is 4.53. The number of carbonyl (C=O) groups excluding carboxylic acids is 1. The molecule has 78 valence electrons. The summed E-state index contributed by atoms with van der Waals surface area (Å²) in [6.45, 7) is 3.18. The highest BCUT2D eigenvalue weighted by atomic mass is 32.1. The summed E-state index contributed by atoms with van der Waals surface area (Å²) >= 11 is 1.49. The first-order valence-corrected chi connectivity index (χ1v) is 5.40. The third-order valence-corrected chi connectivity index (χ3v) is 2.66. The lowest BCUT2D eigenvalue weighted by Gasteiger charge is -2.14. The van der Waals surface area contributed by atoms with E-state index in [0.29, 0.717) is 18.8 Å². The maximum atomic E-state index is 11.7. The summed E-state index contributed by atoms with van der Waals surface area (Å²) in [7, 11) is 1.77. The van der Waals surface area contributed by atoms with Crippen LogP contribution in [-0.2, 0) is 0 Å². The molecule has 0 aliphatic rings. The van der Waals surface area contributed by atoms with Crippen molar-refractivity contribution in [1.82, 2.24) is 9.88 Å². The van der Waals surface area contributed by atoms with Gasteiger partial charge in [-0.15, -0.1) is 11.3 Å². The molecule has 0 saturated carbocycles. The van der Waals surface area contributed by atoms with E-state index in [1.807, 2.05) is 6.92 Å². The highest BCUT2D eigenvalue weighted by Gasteiger charge is 2.13. The summed E-state index contributed by atoms with van der Waals surface area (Å²) in [5, 5.41) is 2.71. The van der Waals surface area contributed by atoms with E-state index in [2.05, 4.69) is 4.98 Å². The van der Waals surface area contributed by atoms with Gasteiger partial charge in [0, 0.05) is 19.0 Å². The molecule has 1 amide bonds. The zero-order valence-corrected chi connectivity index (χ0v) is 9.30. The van der Waals surface area contributed by atoms with Gasteiger partial charge in [-0.2, -0.15) is 0 Å². The number of thiazole rings is 1. The molecule has 1 rings (SSSR count). The number of nitrogens with zero attached hydrogens (tertiary/aromatic N) is 2. The fourth-order valence-electron chi connectivity index (χ4n) is 1.09. The topological polar surface area (TPSA) is 59.2 Å². The van der Waals surface area contributed by atoms with E-state index in [-0.39, 0.29) is 5.91 Å². The Bertz CT molecular complexity index is 311. The van der Waals surface area contributed by atoms with Crippen LogP contribution < -0.4 is 5.73 Å². The molecule has 0 unspecified atom stereocenters. The van der Waals surface area contributed by atoms with Crippen LogP contribution in [0.25, 0.3) is 0 Å². The van der Waals surface area contributed by atoms with Crippen LogP contribution in [0.2, 0.25) is 0 Å². The molecule has 0 fully saturated rings. The lowest BCUT2D eigenvalue weighted by atomic mass is 10.3. The summed E-state index contributed by atoms with van der Waals surface area (Å²) in [4.78, 5) is 17.5. The zero-order chi connectivity index (χ0) is 10.6. The fraction of sp³-hybridized carbons (Fsp3) is 0.556. The second-order valence-electron chi connectivity index (χ2n) is 3.12. The molecule has 1 aromatic rings. The molecule has 0 radical (unpaired) electrons. The quantitative estimate of drug-likeness (QED) is 0.807. The smallest absolute Gasteiger partial charge is 0.273 e. The maximum absolute atomic E-state index is 11.7. The monoisotopic (exact) mass is 213 g/mol. The Hall–Kier alpha value is -0.940. The Balaban J connectivity index is 2.56. The van der Waals surface area contributed by atoms with Crippen LogP contribution in [0.1, 0.15) is 21.9 Å². The van der Waals surface area contributed by atoms with Crippen LogP contribution >= 0.6 is 11.3 Å². The molecular weight excluding hydrogens is 198 g/mol. The van der Waals surface area contributed by atoms with Crippen molar-refractivity contribution >= 4 is 17.2 Å². The van der Waals surface area contributed by atoms with E-state index in [0.717, 1.165) is 11.4 Å². The molecular formula is C9H15N3OS. The Morgan fingerprint density at radius 2 is 2.43 bits per heavy atom. The van der Waals surface area contributed by atoms with Crippen LogP contribution in [0.5, 0.6) is 0 Å². The summed E-state index contributed by atoms with van der Waals surface area (Å²) in [6.07, 6.45) is 0.825. The zero-order valence-electron chi connectivity index (χ0n) is 8.49. The van der Waals surface area contributed by atoms with Crippen molar-refractivity contribution in [1.29, 1.82) is 0 Å². The number of nitrogens with two attached hydrogens (primary N) is 1. The molecule has 0 atom stereocenters. The molecule has 0 aliphatic carbocycles. The van der Waals surface area contributed by atoms with Gasteiger partial charge >= 0.3 is 0 Å². The minimum Gasteiger partial charge on any atom is -0.340 e. The van der Waals surface area contributed by atoms with Gasteiger partial charge in [-0.05, 0) is 19.9 Å². The molecule has 0 aromatic carbocycles. The molecule has 0 bridgehead atoms. The normalized spacial score (nSPS) is 10.2. The third kappa shape index (κ3) is 2.78. The standard InChI is InChI=1S/C9H15N3OS/c1-7-11-8(6-14-7)9(13)12(2)5-3-4-10/h6H,3-5,10H2,1-2H3. The third-order valence-electron chi connectivity index (χ3n) is 1.88. The molecule has 0 saturated heterocycles. The van der Waals surface area contributed by atoms with Crippen LogP contribution in [-0.4, -0.2) is 35.9 Å². The molecule has 1 heterocycles. The van der Waals surface area contributed by atoms with Crippen LogP contribution in [0, 0.1) is 6.92 Å². The fourth-order valence-corrected chi connectivity index (χ4v) is 1.67. The largest absolute Gasteiger partial charge is 0.340 e. The van der Waals surface area contributed by atoms with Gasteiger partial charge in [-0.1, -0.05) is 0 Å². The summed E-state index contributed by atoms with van der Waals surface area (Å²) in [5.74, 6) is -0.0252. The molecule has 0 aliphatic heterocycles. The van der Waals surface area contributed by atoms with Crippen LogP contribution in [0.15, 0.2) is 5.38 Å². The van der Waals surface area contributed by atoms with Gasteiger partial charge in [0.1, 0.15) is 5.69 Å². The van der Waals surface area contributed by atoms with Crippen molar-refractivity contribution in [3.63, 3.8) is 0 Å². The predicted octanol–water partition coefficient (Wildman–Crippen LogP) is 0.872. The lowest BCUT2D eigenvalue weighted by molar-refractivity contribution is 0.0789. The molecule has 4 nitrogen and oxygen atoms in total. The van der Waals surface area contributed by atoms with E-state index >= 15 is 0 Å². The molecule has 2 N–H and O–H groups in total. The lowest BCUT2D eigenvalue weighted by Crippen LogP contribution is -2.29. The summed E-state index contributed by atoms with van der Waals surface area (Å²) in [6, 6.07) is 0. The number of aryl methyl sites for hydroxylation is 1. The van der Waals surface area contributed by atoms with Gasteiger partial charge in [0.2, 0.25) is 0 Å². The molecule has 0 spiro atoms. The maximum Gasteiger partial charge on any atom is 0.273 e. The number of hydrogen-bond acceptors (Lipinski definition) is 4. The molecule has 1 aromatic heterocycles. The van der Waals surface area contributed by atoms with Gasteiger partial charge in [-0.25, -0.2) is 4.98 Å². The Morgan fingerprint density at radius 3 is 2.93 bits per heavy atom. The van der Waals surface area contributed by atoms with Crippen molar-refractivity contribution in [3.05, 3.63) is 16.1 Å².